The molecule has 322 valence electrons. The number of benzene rings is 5. The van der Waals surface area contributed by atoms with Gasteiger partial charge in [0.15, 0.2) is 18.8 Å². The van der Waals surface area contributed by atoms with E-state index in [4.69, 9.17) is 14.2 Å². The molecule has 0 radical (unpaired) electrons. The Morgan fingerprint density at radius 3 is 2.05 bits per heavy atom. The number of halogens is 1. The van der Waals surface area contributed by atoms with Crippen molar-refractivity contribution in [2.24, 2.45) is 5.92 Å². The Kier molecular flexibility index (Phi) is 9.99. The van der Waals surface area contributed by atoms with E-state index in [0.717, 1.165) is 16.7 Å². The Balaban J connectivity index is 1.05. The Labute approximate surface area is 365 Å². The Morgan fingerprint density at radius 1 is 0.778 bits per heavy atom. The highest BCUT2D eigenvalue weighted by Crippen LogP contribution is 2.61. The number of rotatable bonds is 8. The fourth-order valence-corrected chi connectivity index (χ4v) is 13.1. The van der Waals surface area contributed by atoms with Gasteiger partial charge in [-0.25, -0.2) is 0 Å². The molecule has 0 saturated carbocycles. The number of carbonyl (C=O) groups is 4. The van der Waals surface area contributed by atoms with Gasteiger partial charge in [-0.2, -0.15) is 0 Å². The largest absolute Gasteiger partial charge is 0.482 e. The van der Waals surface area contributed by atoms with Gasteiger partial charge in [-0.15, -0.1) is 0 Å². The Morgan fingerprint density at radius 2 is 1.40 bits per heavy atom. The van der Waals surface area contributed by atoms with Gasteiger partial charge in [0.2, 0.25) is 14.3 Å². The summed E-state index contributed by atoms with van der Waals surface area (Å²) < 4.78 is 35.6. The van der Waals surface area contributed by atoms with Crippen LogP contribution in [0.15, 0.2) is 115 Å². The van der Waals surface area contributed by atoms with E-state index in [1.807, 2.05) is 91.9 Å². The van der Waals surface area contributed by atoms with E-state index in [2.05, 4.69) is 0 Å². The quantitative estimate of drug-likeness (QED) is 0.126. The zero-order valence-corrected chi connectivity index (χ0v) is 36.2. The maximum Gasteiger partial charge on any atom is 0.269 e. The second kappa shape index (κ2) is 15.5. The van der Waals surface area contributed by atoms with Gasteiger partial charge in [-0.1, -0.05) is 67.6 Å². The number of carbonyl (C=O) groups excluding carboxylic acids is 4. The lowest BCUT2D eigenvalue weighted by Crippen LogP contribution is -2.48. The van der Waals surface area contributed by atoms with Gasteiger partial charge in [-0.05, 0) is 90.8 Å². The Hall–Kier alpha value is -6.35. The van der Waals surface area contributed by atoms with E-state index in [1.165, 1.54) is 0 Å². The second-order valence-electron chi connectivity index (χ2n) is 17.5. The molecule has 14 heteroatoms. The number of hydrogen-bond acceptors (Lipinski definition) is 8. The van der Waals surface area contributed by atoms with Crippen molar-refractivity contribution in [3.63, 3.8) is 0 Å². The lowest BCUT2D eigenvalue weighted by atomic mass is 9.82. The fraction of sp³-hybridized carbons (Fsp3) is 0.306. The molecule has 0 bridgehead atoms. The minimum absolute atomic E-state index is 0.0758. The predicted molar refractivity (Wildman–Crippen MR) is 236 cm³/mol. The van der Waals surface area contributed by atoms with Gasteiger partial charge in [0.25, 0.3) is 17.7 Å². The molecule has 5 heterocycles. The molecule has 1 saturated heterocycles. The van der Waals surface area contributed by atoms with Gasteiger partial charge >= 0.3 is 0 Å². The molecular formula is C49H47FN4O8Si. The van der Waals surface area contributed by atoms with E-state index < -0.39 is 43.5 Å². The number of amides is 4. The van der Waals surface area contributed by atoms with Gasteiger partial charge < -0.3 is 33.2 Å². The summed E-state index contributed by atoms with van der Waals surface area (Å²) >= 11 is 0. The van der Waals surface area contributed by atoms with Crippen LogP contribution in [0.2, 0.25) is 18.6 Å². The zero-order valence-electron chi connectivity index (χ0n) is 35.2. The highest BCUT2D eigenvalue weighted by Gasteiger charge is 2.67. The summed E-state index contributed by atoms with van der Waals surface area (Å²) in [5.74, 6) is -0.864. The van der Waals surface area contributed by atoms with E-state index in [9.17, 15) is 19.5 Å². The summed E-state index contributed by atoms with van der Waals surface area (Å²) in [6.07, 6.45) is -0.681. The highest BCUT2D eigenvalue weighted by molar-refractivity contribution is 6.72. The number of aliphatic hydroxyl groups is 1. The first-order chi connectivity index (χ1) is 30.4. The number of hydrogen-bond donors (Lipinski definition) is 1. The molecule has 5 aliphatic rings. The molecule has 5 aromatic carbocycles. The van der Waals surface area contributed by atoms with Crippen LogP contribution < -0.4 is 24.2 Å². The SMILES string of the molecule is C[C@@H]1[C@@H]([Si](C)(C)F)[C@H](CC(=O)N2Cc3ccccc3C[C@H]2CO)O[C@@]12C(=O)N(Cc1cccc(N3C(=O)COc4ccccc43)c1)c1ccc(N3C(=O)COc4ccccc43)cc12. The van der Waals surface area contributed by atoms with Gasteiger partial charge in [0.1, 0.15) is 11.5 Å². The molecule has 0 aliphatic carbocycles. The van der Waals surface area contributed by atoms with E-state index in [-0.39, 0.29) is 50.5 Å². The van der Waals surface area contributed by atoms with E-state index in [0.29, 0.717) is 58.5 Å². The molecule has 1 spiro atoms. The van der Waals surface area contributed by atoms with Crippen molar-refractivity contribution in [2.75, 3.05) is 34.5 Å². The normalized spacial score (nSPS) is 23.9. The number of ether oxygens (including phenoxy) is 3. The average Bonchev–Trinajstić information content (AvgIpc) is 3.71. The van der Waals surface area contributed by atoms with E-state index >= 15 is 8.90 Å². The Bertz CT molecular complexity index is 2690. The van der Waals surface area contributed by atoms with Crippen molar-refractivity contribution in [1.29, 1.82) is 0 Å². The first kappa shape index (κ1) is 40.7. The zero-order chi connectivity index (χ0) is 43.8. The summed E-state index contributed by atoms with van der Waals surface area (Å²) in [7, 11) is -3.70. The average molecular weight is 867 g/mol. The smallest absolute Gasteiger partial charge is 0.269 e. The molecule has 0 unspecified atom stereocenters. The van der Waals surface area contributed by atoms with Crippen LogP contribution in [0.5, 0.6) is 11.5 Å². The topological polar surface area (TPSA) is 129 Å². The molecule has 5 atom stereocenters. The van der Waals surface area contributed by atoms with Crippen LogP contribution in [-0.2, 0) is 49.0 Å². The number of para-hydroxylation sites is 4. The number of nitrogens with zero attached hydrogens (tertiary/aromatic N) is 4. The summed E-state index contributed by atoms with van der Waals surface area (Å²) in [5, 5.41) is 10.5. The maximum atomic E-state index is 17.0. The van der Waals surface area contributed by atoms with Crippen LogP contribution in [0.3, 0.4) is 0 Å². The van der Waals surface area contributed by atoms with Crippen LogP contribution in [0.1, 0.15) is 35.6 Å². The molecule has 1 N–H and O–H groups in total. The molecule has 63 heavy (non-hydrogen) atoms. The third-order valence-corrected chi connectivity index (χ3v) is 15.8. The van der Waals surface area contributed by atoms with Crippen molar-refractivity contribution in [2.45, 2.75) is 69.2 Å². The molecule has 0 aromatic heterocycles. The minimum Gasteiger partial charge on any atom is -0.482 e. The molecule has 5 aliphatic heterocycles. The molecule has 10 rings (SSSR count). The fourth-order valence-electron chi connectivity index (χ4n) is 10.6. The molecule has 1 fully saturated rings. The van der Waals surface area contributed by atoms with Crippen molar-refractivity contribution < 1.29 is 42.6 Å². The lowest BCUT2D eigenvalue weighted by molar-refractivity contribution is -0.151. The maximum absolute atomic E-state index is 17.0. The first-order valence-electron chi connectivity index (χ1n) is 21.4. The van der Waals surface area contributed by atoms with Crippen LogP contribution in [0.4, 0.5) is 32.5 Å². The predicted octanol–water partition coefficient (Wildman–Crippen LogP) is 7.46. The van der Waals surface area contributed by atoms with Crippen molar-refractivity contribution in [3.05, 3.63) is 138 Å². The standard InChI is InChI=1S/C49H47FN4O8Si/c1-30-47(63(2,3)50)43(24-44(56)51-26-33-13-5-4-12-32(33)22-36(51)27-55)62-49(30)37-23-35(54-40-16-7-9-18-42(40)61-29-46(54)58)19-20-38(37)52(48(49)59)25-31-11-10-14-34(21-31)53-39-15-6-8-17-41(39)60-28-45(53)57/h4-21,23,30,36,43,47,55H,22,24-29H2,1-3H3/t30-,36+,43+,47-,49+/m1/s1. The van der Waals surface area contributed by atoms with Crippen LogP contribution in [0.25, 0.3) is 0 Å². The summed E-state index contributed by atoms with van der Waals surface area (Å²) in [6, 6.07) is 34.7. The molecule has 12 nitrogen and oxygen atoms in total. The van der Waals surface area contributed by atoms with Crippen molar-refractivity contribution in [3.8, 4) is 11.5 Å². The summed E-state index contributed by atoms with van der Waals surface area (Å²) in [5.41, 5.74) is 3.49. The number of fused-ring (bicyclic) bond motifs is 5. The molecular weight excluding hydrogens is 820 g/mol. The second-order valence-corrected chi connectivity index (χ2v) is 21.3. The molecule has 4 amide bonds. The molecule has 5 aromatic rings. The minimum atomic E-state index is -3.70. The summed E-state index contributed by atoms with van der Waals surface area (Å²) in [4.78, 5) is 63.5. The number of anilines is 5. The van der Waals surface area contributed by atoms with Gasteiger partial charge in [-0.3, -0.25) is 29.0 Å². The van der Waals surface area contributed by atoms with Crippen LogP contribution in [-0.4, -0.2) is 74.0 Å². The van der Waals surface area contributed by atoms with Gasteiger partial charge in [0.05, 0.1) is 48.8 Å². The highest BCUT2D eigenvalue weighted by atomic mass is 28.4. The monoisotopic (exact) mass is 866 g/mol. The lowest BCUT2D eigenvalue weighted by Gasteiger charge is -2.37. The number of aliphatic hydroxyl groups excluding tert-OH is 1. The summed E-state index contributed by atoms with van der Waals surface area (Å²) in [6.45, 7) is 4.85. The van der Waals surface area contributed by atoms with Gasteiger partial charge in [0, 0.05) is 34.9 Å². The van der Waals surface area contributed by atoms with Crippen molar-refractivity contribution >= 4 is 60.5 Å². The third kappa shape index (κ3) is 6.70. The van der Waals surface area contributed by atoms with E-state index in [1.54, 1.807) is 63.0 Å². The van der Waals surface area contributed by atoms with Crippen LogP contribution in [0, 0.1) is 5.92 Å². The van der Waals surface area contributed by atoms with Crippen LogP contribution >= 0.6 is 0 Å². The third-order valence-electron chi connectivity index (χ3n) is 13.4. The van der Waals surface area contributed by atoms with Crippen molar-refractivity contribution in [1.82, 2.24) is 4.90 Å². The first-order valence-corrected chi connectivity index (χ1v) is 24.3.